The maximum absolute atomic E-state index is 5.94. The summed E-state index contributed by atoms with van der Waals surface area (Å²) in [6.45, 7) is 2.53. The summed E-state index contributed by atoms with van der Waals surface area (Å²) < 4.78 is 10.5. The molecule has 2 aromatic rings. The van der Waals surface area contributed by atoms with Gasteiger partial charge in [0.1, 0.15) is 5.75 Å². The minimum Gasteiger partial charge on any atom is -0.485 e. The standard InChI is InChI=1S/C12H14ClN3O2/c1-8-15-12(16-18-8)7-17-11-3-2-10(13)6-9(11)4-5-14/h2-3,6H,4-5,7,14H2,1H3. The highest BCUT2D eigenvalue weighted by molar-refractivity contribution is 6.30. The molecule has 0 spiro atoms. The molecule has 5 nitrogen and oxygen atoms in total. The highest BCUT2D eigenvalue weighted by Gasteiger charge is 2.07. The minimum absolute atomic E-state index is 0.260. The van der Waals surface area contributed by atoms with E-state index < -0.39 is 0 Å². The Kier molecular flexibility index (Phi) is 4.17. The van der Waals surface area contributed by atoms with Crippen molar-refractivity contribution in [2.75, 3.05) is 6.54 Å². The van der Waals surface area contributed by atoms with Gasteiger partial charge in [-0.15, -0.1) is 0 Å². The molecule has 0 aliphatic carbocycles. The van der Waals surface area contributed by atoms with Crippen molar-refractivity contribution in [3.05, 3.63) is 40.5 Å². The number of nitrogens with zero attached hydrogens (tertiary/aromatic N) is 2. The lowest BCUT2D eigenvalue weighted by atomic mass is 10.1. The Morgan fingerprint density at radius 2 is 2.28 bits per heavy atom. The van der Waals surface area contributed by atoms with E-state index in [1.165, 1.54) is 0 Å². The lowest BCUT2D eigenvalue weighted by Gasteiger charge is -2.09. The summed E-state index contributed by atoms with van der Waals surface area (Å²) in [6, 6.07) is 5.45. The van der Waals surface area contributed by atoms with Gasteiger partial charge in [0.2, 0.25) is 11.7 Å². The van der Waals surface area contributed by atoms with Crippen molar-refractivity contribution in [1.82, 2.24) is 10.1 Å². The third-order valence-electron chi connectivity index (χ3n) is 2.36. The Labute approximate surface area is 110 Å². The van der Waals surface area contributed by atoms with Gasteiger partial charge in [-0.05, 0) is 36.7 Å². The molecule has 2 rings (SSSR count). The second-order valence-electron chi connectivity index (χ2n) is 3.81. The Morgan fingerprint density at radius 3 is 2.94 bits per heavy atom. The Morgan fingerprint density at radius 1 is 1.44 bits per heavy atom. The number of halogens is 1. The summed E-state index contributed by atoms with van der Waals surface area (Å²) in [5, 5.41) is 4.43. The number of hydrogen-bond acceptors (Lipinski definition) is 5. The molecule has 1 aromatic carbocycles. The van der Waals surface area contributed by atoms with Crippen LogP contribution in [0.5, 0.6) is 5.75 Å². The summed E-state index contributed by atoms with van der Waals surface area (Å²) >= 11 is 5.94. The third-order valence-corrected chi connectivity index (χ3v) is 2.60. The van der Waals surface area contributed by atoms with Gasteiger partial charge in [-0.25, -0.2) is 0 Å². The molecule has 2 N–H and O–H groups in total. The zero-order valence-electron chi connectivity index (χ0n) is 10.0. The molecule has 0 atom stereocenters. The van der Waals surface area contributed by atoms with E-state index in [0.717, 1.165) is 11.3 Å². The first-order valence-electron chi connectivity index (χ1n) is 5.59. The molecule has 0 bridgehead atoms. The summed E-state index contributed by atoms with van der Waals surface area (Å²) in [5.74, 6) is 1.78. The van der Waals surface area contributed by atoms with Crippen molar-refractivity contribution >= 4 is 11.6 Å². The van der Waals surface area contributed by atoms with Gasteiger partial charge in [0.05, 0.1) is 0 Å². The Balaban J connectivity index is 2.08. The largest absolute Gasteiger partial charge is 0.485 e. The van der Waals surface area contributed by atoms with Gasteiger partial charge in [-0.3, -0.25) is 0 Å². The van der Waals surface area contributed by atoms with E-state index in [1.54, 1.807) is 13.0 Å². The van der Waals surface area contributed by atoms with E-state index in [2.05, 4.69) is 10.1 Å². The van der Waals surface area contributed by atoms with E-state index in [4.69, 9.17) is 26.6 Å². The van der Waals surface area contributed by atoms with Crippen molar-refractivity contribution in [2.45, 2.75) is 20.0 Å². The maximum atomic E-state index is 5.94. The molecule has 0 unspecified atom stereocenters. The molecular weight excluding hydrogens is 254 g/mol. The van der Waals surface area contributed by atoms with Crippen LogP contribution in [-0.4, -0.2) is 16.7 Å². The van der Waals surface area contributed by atoms with Crippen LogP contribution in [0.15, 0.2) is 22.7 Å². The fraction of sp³-hybridized carbons (Fsp3) is 0.333. The van der Waals surface area contributed by atoms with E-state index in [9.17, 15) is 0 Å². The van der Waals surface area contributed by atoms with Gasteiger partial charge in [0.25, 0.3) is 0 Å². The maximum Gasteiger partial charge on any atom is 0.223 e. The Bertz CT molecular complexity index is 528. The Hall–Kier alpha value is -1.59. The molecule has 0 fully saturated rings. The SMILES string of the molecule is Cc1nc(COc2ccc(Cl)cc2CCN)no1. The highest BCUT2D eigenvalue weighted by Crippen LogP contribution is 2.23. The molecule has 18 heavy (non-hydrogen) atoms. The molecule has 0 radical (unpaired) electrons. The summed E-state index contributed by atoms with van der Waals surface area (Å²) in [6.07, 6.45) is 0.709. The molecule has 0 saturated carbocycles. The highest BCUT2D eigenvalue weighted by atomic mass is 35.5. The lowest BCUT2D eigenvalue weighted by molar-refractivity contribution is 0.283. The number of rotatable bonds is 5. The molecule has 0 saturated heterocycles. The van der Waals surface area contributed by atoms with E-state index in [0.29, 0.717) is 29.7 Å². The second-order valence-corrected chi connectivity index (χ2v) is 4.25. The molecular formula is C12H14ClN3O2. The number of ether oxygens (including phenoxy) is 1. The molecule has 0 aliphatic rings. The van der Waals surface area contributed by atoms with E-state index in [-0.39, 0.29) is 6.61 Å². The van der Waals surface area contributed by atoms with Crippen LogP contribution >= 0.6 is 11.6 Å². The number of nitrogens with two attached hydrogens (primary N) is 1. The number of benzene rings is 1. The predicted octanol–water partition coefficient (Wildman–Crippen LogP) is 2.11. The monoisotopic (exact) mass is 267 g/mol. The smallest absolute Gasteiger partial charge is 0.223 e. The fourth-order valence-corrected chi connectivity index (χ4v) is 1.78. The molecule has 0 aliphatic heterocycles. The first-order valence-corrected chi connectivity index (χ1v) is 5.97. The van der Waals surface area contributed by atoms with Crippen LogP contribution in [0.4, 0.5) is 0 Å². The van der Waals surface area contributed by atoms with Crippen molar-refractivity contribution < 1.29 is 9.26 Å². The van der Waals surface area contributed by atoms with Crippen molar-refractivity contribution in [2.24, 2.45) is 5.73 Å². The third kappa shape index (κ3) is 3.21. The van der Waals surface area contributed by atoms with Crippen molar-refractivity contribution in [3.63, 3.8) is 0 Å². The normalized spacial score (nSPS) is 10.6. The van der Waals surface area contributed by atoms with Gasteiger partial charge < -0.3 is 15.0 Å². The van der Waals surface area contributed by atoms with Crippen molar-refractivity contribution in [3.8, 4) is 5.75 Å². The predicted molar refractivity (Wildman–Crippen MR) is 67.6 cm³/mol. The lowest BCUT2D eigenvalue weighted by Crippen LogP contribution is -2.06. The van der Waals surface area contributed by atoms with Gasteiger partial charge in [0.15, 0.2) is 6.61 Å². The zero-order valence-corrected chi connectivity index (χ0v) is 10.8. The molecule has 1 aromatic heterocycles. The van der Waals surface area contributed by atoms with E-state index in [1.807, 2.05) is 12.1 Å². The number of aromatic nitrogens is 2. The summed E-state index contributed by atoms with van der Waals surface area (Å²) in [7, 11) is 0. The van der Waals surface area contributed by atoms with Crippen LogP contribution in [-0.2, 0) is 13.0 Å². The molecule has 0 amide bonds. The van der Waals surface area contributed by atoms with Gasteiger partial charge in [-0.2, -0.15) is 4.98 Å². The van der Waals surface area contributed by atoms with E-state index >= 15 is 0 Å². The average molecular weight is 268 g/mol. The topological polar surface area (TPSA) is 74.2 Å². The van der Waals surface area contributed by atoms with Crippen LogP contribution in [0.25, 0.3) is 0 Å². The zero-order chi connectivity index (χ0) is 13.0. The van der Waals surface area contributed by atoms with Crippen LogP contribution in [0.3, 0.4) is 0 Å². The van der Waals surface area contributed by atoms with Gasteiger partial charge in [0, 0.05) is 11.9 Å². The quantitative estimate of drug-likeness (QED) is 0.898. The van der Waals surface area contributed by atoms with Gasteiger partial charge >= 0.3 is 0 Å². The van der Waals surface area contributed by atoms with Crippen LogP contribution < -0.4 is 10.5 Å². The molecule has 1 heterocycles. The fourth-order valence-electron chi connectivity index (χ4n) is 1.58. The second kappa shape index (κ2) is 5.84. The average Bonchev–Trinajstić information content (AvgIpc) is 2.75. The van der Waals surface area contributed by atoms with Crippen molar-refractivity contribution in [1.29, 1.82) is 0 Å². The first-order chi connectivity index (χ1) is 8.69. The summed E-state index contributed by atoms with van der Waals surface area (Å²) in [5.41, 5.74) is 6.53. The van der Waals surface area contributed by atoms with Crippen LogP contribution in [0.1, 0.15) is 17.3 Å². The number of hydrogen-bond donors (Lipinski definition) is 1. The summed E-state index contributed by atoms with van der Waals surface area (Å²) in [4.78, 5) is 4.07. The minimum atomic E-state index is 0.260. The first kappa shape index (κ1) is 12.9. The van der Waals surface area contributed by atoms with Crippen LogP contribution in [0.2, 0.25) is 5.02 Å². The van der Waals surface area contributed by atoms with Gasteiger partial charge in [-0.1, -0.05) is 16.8 Å². The molecule has 6 heteroatoms. The molecule has 96 valence electrons. The number of aryl methyl sites for hydroxylation is 1. The van der Waals surface area contributed by atoms with Crippen LogP contribution in [0, 0.1) is 6.92 Å².